The first-order valence-electron chi connectivity index (χ1n) is 13.5. The number of hydrogen-bond acceptors (Lipinski definition) is 6. The fourth-order valence-corrected chi connectivity index (χ4v) is 5.25. The van der Waals surface area contributed by atoms with Crippen molar-refractivity contribution in [2.75, 3.05) is 18.4 Å². The Labute approximate surface area is 224 Å². The smallest absolute Gasteiger partial charge is 0.256 e. The highest BCUT2D eigenvalue weighted by Crippen LogP contribution is 2.33. The van der Waals surface area contributed by atoms with Gasteiger partial charge >= 0.3 is 0 Å². The number of carbonyl (C=O) groups is 2. The van der Waals surface area contributed by atoms with Gasteiger partial charge in [0.05, 0.1) is 28.5 Å². The van der Waals surface area contributed by atoms with Crippen LogP contribution < -0.4 is 5.32 Å². The fourth-order valence-electron chi connectivity index (χ4n) is 5.25. The Hall–Kier alpha value is -4.60. The lowest BCUT2D eigenvalue weighted by Gasteiger charge is -2.17. The van der Waals surface area contributed by atoms with Crippen LogP contribution in [0.1, 0.15) is 43.5 Å². The van der Waals surface area contributed by atoms with Gasteiger partial charge in [0.25, 0.3) is 5.91 Å². The van der Waals surface area contributed by atoms with Crippen LogP contribution in [0, 0.1) is 5.92 Å². The Morgan fingerprint density at radius 2 is 1.87 bits per heavy atom. The number of nitrogens with one attached hydrogen (secondary N) is 3. The first-order valence-corrected chi connectivity index (χ1v) is 13.5. The molecule has 2 fully saturated rings. The van der Waals surface area contributed by atoms with Gasteiger partial charge in [-0.25, -0.2) is 9.97 Å². The Balaban J connectivity index is 1.24. The normalized spacial score (nSPS) is 19.2. The quantitative estimate of drug-likeness (QED) is 0.360. The van der Waals surface area contributed by atoms with Crippen LogP contribution in [0.3, 0.4) is 0 Å². The highest BCUT2D eigenvalue weighted by atomic mass is 16.2. The predicted molar refractivity (Wildman–Crippen MR) is 147 cm³/mol. The monoisotopic (exact) mass is 520 g/mol. The van der Waals surface area contributed by atoms with E-state index >= 15 is 0 Å². The van der Waals surface area contributed by atoms with Crippen molar-refractivity contribution in [3.05, 3.63) is 60.3 Å². The van der Waals surface area contributed by atoms with E-state index in [1.807, 2.05) is 29.2 Å². The highest BCUT2D eigenvalue weighted by Gasteiger charge is 2.30. The zero-order valence-electron chi connectivity index (χ0n) is 21.4. The number of aryl methyl sites for hydroxylation is 1. The molecule has 1 saturated heterocycles. The SMILES string of the molecule is O=C(Nc1cncc(-c2cnc3[nH]nc(-c4nc5c([nH]4)CC/C=C\C=C/5C(=O)N4CCCC4)c3c2)c1)C1CC1. The molecule has 2 aliphatic carbocycles. The zero-order chi connectivity index (χ0) is 26.3. The zero-order valence-corrected chi connectivity index (χ0v) is 21.4. The van der Waals surface area contributed by atoms with Crippen LogP contribution in [0.2, 0.25) is 0 Å². The number of carbonyl (C=O) groups excluding carboxylic acids is 2. The van der Waals surface area contributed by atoms with Crippen LogP contribution in [0.4, 0.5) is 5.69 Å². The number of fused-ring (bicyclic) bond motifs is 2. The van der Waals surface area contributed by atoms with Crippen LogP contribution in [-0.4, -0.2) is 59.9 Å². The van der Waals surface area contributed by atoms with Crippen molar-refractivity contribution >= 4 is 34.1 Å². The first-order chi connectivity index (χ1) is 19.1. The Morgan fingerprint density at radius 3 is 2.72 bits per heavy atom. The number of anilines is 1. The number of amides is 2. The maximum absolute atomic E-state index is 13.4. The largest absolute Gasteiger partial charge is 0.340 e. The minimum Gasteiger partial charge on any atom is -0.340 e. The summed E-state index contributed by atoms with van der Waals surface area (Å²) in [6.07, 6.45) is 16.6. The molecule has 0 aromatic carbocycles. The molecule has 1 saturated carbocycles. The summed E-state index contributed by atoms with van der Waals surface area (Å²) < 4.78 is 0. The van der Waals surface area contributed by atoms with E-state index in [1.165, 1.54) is 0 Å². The predicted octanol–water partition coefficient (Wildman–Crippen LogP) is 4.27. The summed E-state index contributed by atoms with van der Waals surface area (Å²) in [4.78, 5) is 44.8. The van der Waals surface area contributed by atoms with Gasteiger partial charge in [0.15, 0.2) is 11.5 Å². The van der Waals surface area contributed by atoms with E-state index < -0.39 is 0 Å². The number of likely N-dealkylation sites (tertiary alicyclic amines) is 1. The Kier molecular flexibility index (Phi) is 5.79. The van der Waals surface area contributed by atoms with Gasteiger partial charge in [0.2, 0.25) is 5.91 Å². The van der Waals surface area contributed by atoms with Gasteiger partial charge < -0.3 is 15.2 Å². The van der Waals surface area contributed by atoms with Crippen LogP contribution >= 0.6 is 0 Å². The third-order valence-corrected chi connectivity index (χ3v) is 7.55. The maximum atomic E-state index is 13.4. The van der Waals surface area contributed by atoms with E-state index in [1.54, 1.807) is 18.6 Å². The summed E-state index contributed by atoms with van der Waals surface area (Å²) in [5, 5.41) is 11.3. The number of aromatic amines is 2. The number of rotatable bonds is 5. The van der Waals surface area contributed by atoms with Crippen LogP contribution in [0.5, 0.6) is 0 Å². The summed E-state index contributed by atoms with van der Waals surface area (Å²) >= 11 is 0. The number of H-pyrrole nitrogens is 2. The molecule has 5 heterocycles. The molecular formula is C29H28N8O2. The minimum absolute atomic E-state index is 0.0235. The molecule has 0 spiro atoms. The molecule has 3 aliphatic rings. The van der Waals surface area contributed by atoms with E-state index in [2.05, 4.69) is 36.5 Å². The molecule has 4 aromatic rings. The van der Waals surface area contributed by atoms with Crippen molar-refractivity contribution < 1.29 is 9.59 Å². The molecule has 0 atom stereocenters. The van der Waals surface area contributed by atoms with E-state index in [-0.39, 0.29) is 17.7 Å². The van der Waals surface area contributed by atoms with E-state index in [9.17, 15) is 9.59 Å². The third kappa shape index (κ3) is 4.52. The highest BCUT2D eigenvalue weighted by molar-refractivity contribution is 6.19. The van der Waals surface area contributed by atoms with Crippen molar-refractivity contribution in [3.63, 3.8) is 0 Å². The van der Waals surface area contributed by atoms with Crippen molar-refractivity contribution in [3.8, 4) is 22.6 Å². The van der Waals surface area contributed by atoms with Gasteiger partial charge in [0.1, 0.15) is 5.69 Å². The van der Waals surface area contributed by atoms with Crippen molar-refractivity contribution in [2.24, 2.45) is 5.92 Å². The van der Waals surface area contributed by atoms with Gasteiger partial charge in [-0.05, 0) is 56.7 Å². The van der Waals surface area contributed by atoms with Crippen LogP contribution in [0.25, 0.3) is 39.3 Å². The Morgan fingerprint density at radius 1 is 1.03 bits per heavy atom. The summed E-state index contributed by atoms with van der Waals surface area (Å²) in [5.74, 6) is 0.774. The molecule has 3 N–H and O–H groups in total. The molecule has 0 unspecified atom stereocenters. The van der Waals surface area contributed by atoms with Crippen molar-refractivity contribution in [1.82, 2.24) is 35.0 Å². The second kappa shape index (κ2) is 9.61. The number of allylic oxidation sites excluding steroid dienone is 3. The fraction of sp³-hybridized carbons (Fsp3) is 0.310. The van der Waals surface area contributed by atoms with Gasteiger partial charge in [-0.1, -0.05) is 12.2 Å². The van der Waals surface area contributed by atoms with Gasteiger partial charge in [-0.3, -0.25) is 19.7 Å². The van der Waals surface area contributed by atoms with Crippen molar-refractivity contribution in [1.29, 1.82) is 0 Å². The number of hydrogen-bond donors (Lipinski definition) is 3. The standard InChI is InChI=1S/C29H28N8O2/c38-28(17-8-9-17)32-20-12-18(14-30-16-20)19-13-22-25(35-36-26(22)31-15-19)27-33-23-7-3-1-2-6-21(24(23)34-27)29(39)37-10-4-5-11-37/h1-2,6,12-17H,3-5,7-11H2,(H,32,38)(H,33,34)(H,31,35,36)/b2-1-,21-6+. The molecule has 0 bridgehead atoms. The maximum Gasteiger partial charge on any atom is 0.256 e. The van der Waals surface area contributed by atoms with Gasteiger partial charge in [-0.2, -0.15) is 5.10 Å². The average molecular weight is 521 g/mol. The van der Waals surface area contributed by atoms with Gasteiger partial charge in [0, 0.05) is 48.2 Å². The lowest BCUT2D eigenvalue weighted by Crippen LogP contribution is -2.28. The number of aromatic nitrogens is 6. The van der Waals surface area contributed by atoms with Gasteiger partial charge in [-0.15, -0.1) is 0 Å². The minimum atomic E-state index is 0.0235. The molecule has 2 amide bonds. The molecular weight excluding hydrogens is 492 g/mol. The topological polar surface area (TPSA) is 133 Å². The second-order valence-electron chi connectivity index (χ2n) is 10.4. The van der Waals surface area contributed by atoms with E-state index in [0.717, 1.165) is 73.8 Å². The summed E-state index contributed by atoms with van der Waals surface area (Å²) in [6, 6.07) is 3.90. The molecule has 10 nitrogen and oxygen atoms in total. The van der Waals surface area contributed by atoms with Crippen LogP contribution in [-0.2, 0) is 16.0 Å². The van der Waals surface area contributed by atoms with Crippen LogP contribution in [0.15, 0.2) is 49.0 Å². The summed E-state index contributed by atoms with van der Waals surface area (Å²) in [6.45, 7) is 1.57. The van der Waals surface area contributed by atoms with E-state index in [4.69, 9.17) is 4.98 Å². The number of pyridine rings is 2. The number of nitrogens with zero attached hydrogens (tertiary/aromatic N) is 5. The Bertz CT molecular complexity index is 1650. The van der Waals surface area contributed by atoms with E-state index in [0.29, 0.717) is 34.1 Å². The lowest BCUT2D eigenvalue weighted by molar-refractivity contribution is -0.124. The molecule has 4 aromatic heterocycles. The molecule has 196 valence electrons. The molecule has 0 radical (unpaired) electrons. The lowest BCUT2D eigenvalue weighted by atomic mass is 10.0. The summed E-state index contributed by atoms with van der Waals surface area (Å²) in [5.41, 5.74) is 5.85. The molecule has 39 heavy (non-hydrogen) atoms. The third-order valence-electron chi connectivity index (χ3n) is 7.55. The van der Waals surface area contributed by atoms with Crippen molar-refractivity contribution in [2.45, 2.75) is 38.5 Å². The molecule has 10 heteroatoms. The summed E-state index contributed by atoms with van der Waals surface area (Å²) in [7, 11) is 0. The molecule has 1 aliphatic heterocycles. The number of imidazole rings is 1. The second-order valence-corrected chi connectivity index (χ2v) is 10.4. The first kappa shape index (κ1) is 23.5. The average Bonchev–Trinajstić information content (AvgIpc) is 3.30. The molecule has 7 rings (SSSR count).